The smallest absolute Gasteiger partial charge is 0.320 e. The Morgan fingerprint density at radius 2 is 1.81 bits per heavy atom. The molecule has 0 aliphatic carbocycles. The predicted octanol–water partition coefficient (Wildman–Crippen LogP) is 6.01. The molecule has 1 atom stereocenters. The molecule has 194 valence electrons. The highest BCUT2D eigenvalue weighted by atomic mass is 35.5. The van der Waals surface area contributed by atoms with Crippen LogP contribution in [0, 0.1) is 19.3 Å². The molecule has 8 nitrogen and oxygen atoms in total. The van der Waals surface area contributed by atoms with E-state index in [-0.39, 0.29) is 23.5 Å². The summed E-state index contributed by atoms with van der Waals surface area (Å²) in [5, 5.41) is 8.21. The minimum Gasteiger partial charge on any atom is -0.438 e. The van der Waals surface area contributed by atoms with Gasteiger partial charge in [-0.2, -0.15) is 0 Å². The first-order valence-corrected chi connectivity index (χ1v) is 12.5. The summed E-state index contributed by atoms with van der Waals surface area (Å²) in [5.74, 6) is 1.60. The highest BCUT2D eigenvalue weighted by Gasteiger charge is 2.43. The van der Waals surface area contributed by atoms with E-state index in [9.17, 15) is 4.79 Å². The summed E-state index contributed by atoms with van der Waals surface area (Å²) in [7, 11) is 0. The van der Waals surface area contributed by atoms with Crippen LogP contribution in [0.25, 0.3) is 0 Å². The maximum atomic E-state index is 13.0. The summed E-state index contributed by atoms with van der Waals surface area (Å²) in [4.78, 5) is 21.2. The number of carbonyl (C=O) groups is 1. The monoisotopic (exact) mass is 520 g/mol. The summed E-state index contributed by atoms with van der Waals surface area (Å²) < 4.78 is 6.00. The number of hydrazine groups is 1. The fraction of sp³-hybridized carbons (Fsp3) is 0.321. The number of aryl methyl sites for hydroxylation is 1. The van der Waals surface area contributed by atoms with Crippen LogP contribution in [-0.2, 0) is 6.54 Å². The number of nitrogens with one attached hydrogen (secondary N) is 3. The molecule has 0 bridgehead atoms. The number of nitrogens with zero attached hydrogens (tertiary/aromatic N) is 3. The zero-order chi connectivity index (χ0) is 26.8. The fourth-order valence-corrected chi connectivity index (χ4v) is 3.87. The van der Waals surface area contributed by atoms with Crippen molar-refractivity contribution >= 4 is 23.3 Å². The Kier molecular flexibility index (Phi) is 7.43. The molecular weight excluding hydrogens is 488 g/mol. The van der Waals surface area contributed by atoms with Gasteiger partial charge >= 0.3 is 6.03 Å². The molecule has 1 unspecified atom stereocenters. The number of aromatic nitrogens is 2. The van der Waals surface area contributed by atoms with Gasteiger partial charge in [0.2, 0.25) is 5.88 Å². The third-order valence-electron chi connectivity index (χ3n) is 6.70. The number of urea groups is 1. The van der Waals surface area contributed by atoms with Crippen molar-refractivity contribution < 1.29 is 9.53 Å². The number of hydrogen-bond donors (Lipinski definition) is 3. The highest BCUT2D eigenvalue weighted by Crippen LogP contribution is 2.38. The molecule has 1 aromatic heterocycles. The molecule has 2 heterocycles. The molecule has 37 heavy (non-hydrogen) atoms. The molecule has 3 N–H and O–H groups in total. The largest absolute Gasteiger partial charge is 0.438 e. The van der Waals surface area contributed by atoms with Gasteiger partial charge in [-0.25, -0.2) is 20.2 Å². The van der Waals surface area contributed by atoms with Crippen molar-refractivity contribution in [3.05, 3.63) is 88.6 Å². The highest BCUT2D eigenvalue weighted by molar-refractivity contribution is 6.30. The average molecular weight is 521 g/mol. The minimum atomic E-state index is -0.377. The van der Waals surface area contributed by atoms with Gasteiger partial charge in [-0.3, -0.25) is 10.3 Å². The Bertz CT molecular complexity index is 1320. The molecule has 9 heteroatoms. The summed E-state index contributed by atoms with van der Waals surface area (Å²) >= 11 is 6.10. The molecule has 0 saturated heterocycles. The second kappa shape index (κ2) is 10.4. The third kappa shape index (κ3) is 5.87. The first kappa shape index (κ1) is 26.4. The second-order valence-electron chi connectivity index (χ2n) is 10.4. The molecule has 0 radical (unpaired) electrons. The van der Waals surface area contributed by atoms with E-state index in [0.29, 0.717) is 28.2 Å². The van der Waals surface area contributed by atoms with Gasteiger partial charge in [0.25, 0.3) is 0 Å². The van der Waals surface area contributed by atoms with Crippen LogP contribution in [0.1, 0.15) is 44.4 Å². The van der Waals surface area contributed by atoms with Crippen molar-refractivity contribution in [2.75, 3.05) is 5.01 Å². The van der Waals surface area contributed by atoms with Gasteiger partial charge in [-0.15, -0.1) is 0 Å². The minimum absolute atomic E-state index is 0.103. The van der Waals surface area contributed by atoms with Gasteiger partial charge in [0, 0.05) is 17.7 Å². The van der Waals surface area contributed by atoms with Crippen LogP contribution in [0.2, 0.25) is 5.15 Å². The van der Waals surface area contributed by atoms with E-state index >= 15 is 0 Å². The van der Waals surface area contributed by atoms with E-state index in [1.165, 1.54) is 6.33 Å². The van der Waals surface area contributed by atoms with Crippen LogP contribution in [0.5, 0.6) is 11.6 Å². The lowest BCUT2D eigenvalue weighted by atomic mass is 9.76. The van der Waals surface area contributed by atoms with Crippen molar-refractivity contribution in [3.8, 4) is 11.6 Å². The topological polar surface area (TPSA) is 91.4 Å². The van der Waals surface area contributed by atoms with Crippen LogP contribution < -0.4 is 25.8 Å². The van der Waals surface area contributed by atoms with E-state index in [1.807, 2.05) is 60.5 Å². The molecule has 2 aromatic carbocycles. The number of ether oxygens (including phenoxy) is 1. The zero-order valence-corrected chi connectivity index (χ0v) is 22.8. The van der Waals surface area contributed by atoms with Crippen molar-refractivity contribution in [1.82, 2.24) is 26.0 Å². The summed E-state index contributed by atoms with van der Waals surface area (Å²) in [6.07, 6.45) is 3.42. The third-order valence-corrected chi connectivity index (χ3v) is 7.08. The van der Waals surface area contributed by atoms with Crippen LogP contribution in [0.4, 0.5) is 10.5 Å². The molecule has 4 rings (SSSR count). The van der Waals surface area contributed by atoms with Gasteiger partial charge in [0.1, 0.15) is 23.1 Å². The second-order valence-corrected chi connectivity index (χ2v) is 10.7. The molecule has 0 saturated carbocycles. The maximum absolute atomic E-state index is 13.0. The Labute approximate surface area is 223 Å². The van der Waals surface area contributed by atoms with Crippen molar-refractivity contribution in [2.45, 2.75) is 53.6 Å². The number of amides is 2. The van der Waals surface area contributed by atoms with E-state index in [2.05, 4.69) is 59.8 Å². The number of hydrogen-bond acceptors (Lipinski definition) is 6. The Morgan fingerprint density at radius 3 is 2.51 bits per heavy atom. The van der Waals surface area contributed by atoms with Crippen LogP contribution in [0.3, 0.4) is 0 Å². The summed E-state index contributed by atoms with van der Waals surface area (Å²) in [6.45, 7) is 12.7. The normalized spacial score (nSPS) is 17.4. The molecule has 1 aliphatic rings. The van der Waals surface area contributed by atoms with E-state index in [4.69, 9.17) is 16.3 Å². The first-order valence-electron chi connectivity index (χ1n) is 12.1. The van der Waals surface area contributed by atoms with Gasteiger partial charge in [-0.1, -0.05) is 68.3 Å². The Hall–Kier alpha value is -3.62. The molecular formula is C28H33ClN6O2. The lowest BCUT2D eigenvalue weighted by Gasteiger charge is -2.38. The quantitative estimate of drug-likeness (QED) is 0.345. The summed E-state index contributed by atoms with van der Waals surface area (Å²) in [6, 6.07) is 15.3. The number of para-hydroxylation sites is 1. The van der Waals surface area contributed by atoms with E-state index in [0.717, 1.165) is 16.8 Å². The Balaban J connectivity index is 1.49. The van der Waals surface area contributed by atoms with Crippen LogP contribution in [-0.4, -0.2) is 21.5 Å². The molecule has 3 aromatic rings. The summed E-state index contributed by atoms with van der Waals surface area (Å²) in [5.41, 5.74) is 6.63. The van der Waals surface area contributed by atoms with Crippen molar-refractivity contribution in [2.24, 2.45) is 5.41 Å². The van der Waals surface area contributed by atoms with Gasteiger partial charge < -0.3 is 10.1 Å². The first-order chi connectivity index (χ1) is 17.5. The predicted molar refractivity (Wildman–Crippen MR) is 146 cm³/mol. The average Bonchev–Trinajstić information content (AvgIpc) is 3.19. The molecule has 2 amide bonds. The number of benzene rings is 2. The number of rotatable bonds is 6. The van der Waals surface area contributed by atoms with Crippen molar-refractivity contribution in [3.63, 3.8) is 0 Å². The molecule has 0 fully saturated rings. The van der Waals surface area contributed by atoms with Gasteiger partial charge in [-0.05, 0) is 50.5 Å². The standard InChI is InChI=1S/C28H33ClN6O2/c1-18-11-13-21(14-12-18)35-23(15-28(6,34-35)27(3,4)5)33-26(36)30-16-20-9-7-8-10-22(20)37-25-19(2)24(29)31-17-32-25/h7-15,17,34H,16H2,1-6H3,(H2,30,33,36). The van der Waals surface area contributed by atoms with Gasteiger partial charge in [0.05, 0.1) is 11.2 Å². The lowest BCUT2D eigenvalue weighted by Crippen LogP contribution is -2.54. The number of halogens is 1. The lowest BCUT2D eigenvalue weighted by molar-refractivity contribution is 0.220. The maximum Gasteiger partial charge on any atom is 0.320 e. The SMILES string of the molecule is Cc1ccc(N2NC(C)(C(C)(C)C)C=C2NC(=O)NCc2ccccc2Oc2ncnc(Cl)c2C)cc1. The zero-order valence-electron chi connectivity index (χ0n) is 22.0. The van der Waals surface area contributed by atoms with E-state index < -0.39 is 0 Å². The van der Waals surface area contributed by atoms with Crippen molar-refractivity contribution in [1.29, 1.82) is 0 Å². The van der Waals surface area contributed by atoms with Crippen LogP contribution in [0.15, 0.2) is 66.8 Å². The van der Waals surface area contributed by atoms with Crippen LogP contribution >= 0.6 is 11.6 Å². The number of carbonyl (C=O) groups excluding carboxylic acids is 1. The number of anilines is 1. The fourth-order valence-electron chi connectivity index (χ4n) is 3.74. The molecule has 0 spiro atoms. The Morgan fingerprint density at radius 1 is 1.11 bits per heavy atom. The van der Waals surface area contributed by atoms with E-state index in [1.54, 1.807) is 6.92 Å². The van der Waals surface area contributed by atoms with Gasteiger partial charge in [0.15, 0.2) is 0 Å². The molecule has 1 aliphatic heterocycles.